The van der Waals surface area contributed by atoms with Crippen LogP contribution < -0.4 is 5.32 Å². The first-order chi connectivity index (χ1) is 8.75. The van der Waals surface area contributed by atoms with Crippen molar-refractivity contribution in [3.8, 4) is 0 Å². The van der Waals surface area contributed by atoms with E-state index in [-0.39, 0.29) is 0 Å². The fraction of sp³-hybridized carbons (Fsp3) is 0.625. The van der Waals surface area contributed by atoms with E-state index >= 15 is 0 Å². The predicted molar refractivity (Wildman–Crippen MR) is 82.0 cm³/mol. The first-order valence-corrected chi connectivity index (χ1v) is 8.11. The van der Waals surface area contributed by atoms with Crippen LogP contribution in [0.3, 0.4) is 0 Å². The summed E-state index contributed by atoms with van der Waals surface area (Å²) in [5.41, 5.74) is 1.62. The lowest BCUT2D eigenvalue weighted by molar-refractivity contribution is 0.394. The second-order valence-electron chi connectivity index (χ2n) is 5.61. The summed E-state index contributed by atoms with van der Waals surface area (Å²) >= 11 is 1.85. The average molecular weight is 263 g/mol. The molecule has 2 rings (SSSR count). The highest BCUT2D eigenvalue weighted by Crippen LogP contribution is 2.31. The minimum Gasteiger partial charge on any atom is -0.311 e. The van der Waals surface area contributed by atoms with Crippen LogP contribution >= 0.6 is 11.3 Å². The van der Waals surface area contributed by atoms with Gasteiger partial charge in [-0.3, -0.25) is 0 Å². The van der Waals surface area contributed by atoms with Crippen molar-refractivity contribution in [2.75, 3.05) is 6.54 Å². The Kier molecular flexibility index (Phi) is 5.45. The molecule has 1 fully saturated rings. The van der Waals surface area contributed by atoms with E-state index in [0.717, 1.165) is 12.5 Å². The maximum Gasteiger partial charge on any atom is 0.0270 e. The molecule has 1 saturated carbocycles. The van der Waals surface area contributed by atoms with Crippen molar-refractivity contribution in [1.29, 1.82) is 0 Å². The zero-order valence-electron chi connectivity index (χ0n) is 11.6. The molecule has 0 aliphatic heterocycles. The van der Waals surface area contributed by atoms with E-state index in [9.17, 15) is 0 Å². The zero-order chi connectivity index (χ0) is 12.8. The van der Waals surface area contributed by atoms with E-state index in [1.165, 1.54) is 37.0 Å². The van der Waals surface area contributed by atoms with Crippen molar-refractivity contribution >= 4 is 17.4 Å². The first-order valence-electron chi connectivity index (χ1n) is 7.23. The van der Waals surface area contributed by atoms with E-state index < -0.39 is 0 Å². The fourth-order valence-electron chi connectivity index (χ4n) is 2.66. The Balaban J connectivity index is 2.06. The number of nitrogens with one attached hydrogen (secondary N) is 1. The van der Waals surface area contributed by atoms with Crippen LogP contribution in [0.4, 0.5) is 0 Å². The van der Waals surface area contributed by atoms with Crippen molar-refractivity contribution < 1.29 is 0 Å². The van der Waals surface area contributed by atoms with Gasteiger partial charge >= 0.3 is 0 Å². The summed E-state index contributed by atoms with van der Waals surface area (Å²) in [4.78, 5) is 1.40. The van der Waals surface area contributed by atoms with Gasteiger partial charge in [-0.2, -0.15) is 0 Å². The van der Waals surface area contributed by atoms with Gasteiger partial charge in [0.1, 0.15) is 0 Å². The molecule has 1 aromatic heterocycles. The smallest absolute Gasteiger partial charge is 0.0270 e. The third-order valence-corrected chi connectivity index (χ3v) is 4.53. The molecule has 0 saturated heterocycles. The summed E-state index contributed by atoms with van der Waals surface area (Å²) in [5.74, 6) is 0.812. The minimum absolute atomic E-state index is 0.570. The standard InChI is InChI=1S/C16H25NS/c1-13(2)17-12-15(11-16-9-6-10-18-16)14-7-4-3-5-8-14/h6,9-11,13-14,17H,3-5,7-8,12H2,1-2H3. The summed E-state index contributed by atoms with van der Waals surface area (Å²) in [6.07, 6.45) is 9.45. The molecular formula is C16H25NS. The number of hydrogen-bond donors (Lipinski definition) is 1. The molecule has 0 unspecified atom stereocenters. The van der Waals surface area contributed by atoms with Crippen molar-refractivity contribution in [2.45, 2.75) is 52.0 Å². The van der Waals surface area contributed by atoms with E-state index in [1.807, 2.05) is 11.3 Å². The minimum atomic E-state index is 0.570. The van der Waals surface area contributed by atoms with Crippen LogP contribution in [0.1, 0.15) is 50.8 Å². The van der Waals surface area contributed by atoms with E-state index in [1.54, 1.807) is 5.57 Å². The maximum absolute atomic E-state index is 3.59. The molecule has 1 heterocycles. The van der Waals surface area contributed by atoms with Crippen molar-refractivity contribution in [3.05, 3.63) is 28.0 Å². The molecule has 2 heteroatoms. The monoisotopic (exact) mass is 263 g/mol. The molecule has 1 N–H and O–H groups in total. The molecule has 100 valence electrons. The number of hydrogen-bond acceptors (Lipinski definition) is 2. The van der Waals surface area contributed by atoms with E-state index in [2.05, 4.69) is 42.8 Å². The second-order valence-corrected chi connectivity index (χ2v) is 6.58. The summed E-state index contributed by atoms with van der Waals surface area (Å²) < 4.78 is 0. The van der Waals surface area contributed by atoms with Gasteiger partial charge in [-0.05, 0) is 36.3 Å². The third-order valence-electron chi connectivity index (χ3n) is 3.71. The van der Waals surface area contributed by atoms with Gasteiger partial charge in [-0.15, -0.1) is 11.3 Å². The van der Waals surface area contributed by atoms with Gasteiger partial charge in [0.2, 0.25) is 0 Å². The Morgan fingerprint density at radius 3 is 2.78 bits per heavy atom. The Hall–Kier alpha value is -0.600. The van der Waals surface area contributed by atoms with Crippen molar-refractivity contribution in [2.24, 2.45) is 5.92 Å². The van der Waals surface area contributed by atoms with Gasteiger partial charge in [0.05, 0.1) is 0 Å². The highest BCUT2D eigenvalue weighted by molar-refractivity contribution is 7.10. The lowest BCUT2D eigenvalue weighted by Gasteiger charge is -2.25. The van der Waals surface area contributed by atoms with Crippen LogP contribution in [-0.4, -0.2) is 12.6 Å². The van der Waals surface area contributed by atoms with Gasteiger partial charge in [0.15, 0.2) is 0 Å². The second kappa shape index (κ2) is 7.10. The van der Waals surface area contributed by atoms with Crippen LogP contribution in [0.15, 0.2) is 23.1 Å². The summed E-state index contributed by atoms with van der Waals surface area (Å²) in [6, 6.07) is 4.94. The Morgan fingerprint density at radius 2 is 2.17 bits per heavy atom. The quantitative estimate of drug-likeness (QED) is 0.811. The number of rotatable bonds is 5. The molecule has 18 heavy (non-hydrogen) atoms. The molecule has 0 amide bonds. The van der Waals surface area contributed by atoms with Crippen molar-refractivity contribution in [3.63, 3.8) is 0 Å². The number of thiophene rings is 1. The third kappa shape index (κ3) is 4.25. The lowest BCUT2D eigenvalue weighted by Crippen LogP contribution is -2.27. The SMILES string of the molecule is CC(C)NCC(=Cc1cccs1)C1CCCCC1. The molecule has 1 aliphatic rings. The molecule has 1 nitrogen and oxygen atoms in total. The van der Waals surface area contributed by atoms with Gasteiger partial charge < -0.3 is 5.32 Å². The van der Waals surface area contributed by atoms with Crippen LogP contribution in [-0.2, 0) is 0 Å². The van der Waals surface area contributed by atoms with Gasteiger partial charge in [0.25, 0.3) is 0 Å². The Bertz CT molecular complexity index is 358. The lowest BCUT2D eigenvalue weighted by atomic mass is 9.83. The van der Waals surface area contributed by atoms with Gasteiger partial charge in [-0.1, -0.05) is 44.7 Å². The van der Waals surface area contributed by atoms with E-state index in [4.69, 9.17) is 0 Å². The Morgan fingerprint density at radius 1 is 1.39 bits per heavy atom. The van der Waals surface area contributed by atoms with Crippen molar-refractivity contribution in [1.82, 2.24) is 5.32 Å². The van der Waals surface area contributed by atoms with Crippen LogP contribution in [0.25, 0.3) is 6.08 Å². The first kappa shape index (κ1) is 13.8. The highest BCUT2D eigenvalue weighted by Gasteiger charge is 2.17. The normalized spacial score (nSPS) is 18.5. The molecular weight excluding hydrogens is 238 g/mol. The molecule has 0 atom stereocenters. The maximum atomic E-state index is 3.59. The molecule has 1 aromatic rings. The topological polar surface area (TPSA) is 12.0 Å². The van der Waals surface area contributed by atoms with Crippen LogP contribution in [0.5, 0.6) is 0 Å². The molecule has 0 aromatic carbocycles. The molecule has 0 bridgehead atoms. The van der Waals surface area contributed by atoms with Gasteiger partial charge in [0, 0.05) is 17.5 Å². The van der Waals surface area contributed by atoms with Crippen LogP contribution in [0, 0.1) is 5.92 Å². The summed E-state index contributed by atoms with van der Waals surface area (Å²) in [5, 5.41) is 5.76. The molecule has 0 radical (unpaired) electrons. The van der Waals surface area contributed by atoms with Gasteiger partial charge in [-0.25, -0.2) is 0 Å². The molecule has 0 spiro atoms. The van der Waals surface area contributed by atoms with E-state index in [0.29, 0.717) is 6.04 Å². The predicted octanol–water partition coefficient (Wildman–Crippen LogP) is 4.71. The molecule has 1 aliphatic carbocycles. The largest absolute Gasteiger partial charge is 0.311 e. The summed E-state index contributed by atoms with van der Waals surface area (Å²) in [6.45, 7) is 5.51. The summed E-state index contributed by atoms with van der Waals surface area (Å²) in [7, 11) is 0. The Labute approximate surface area is 115 Å². The highest BCUT2D eigenvalue weighted by atomic mass is 32.1. The zero-order valence-corrected chi connectivity index (χ0v) is 12.4. The van der Waals surface area contributed by atoms with Crippen LogP contribution in [0.2, 0.25) is 0 Å². The average Bonchev–Trinajstić information content (AvgIpc) is 2.88. The fourth-order valence-corrected chi connectivity index (χ4v) is 3.36.